The fraction of sp³-hybridized carbons (Fsp3) is 0.0625. The van der Waals surface area contributed by atoms with Crippen LogP contribution in [0.4, 0.5) is 11.4 Å². The molecule has 2 aromatic rings. The summed E-state index contributed by atoms with van der Waals surface area (Å²) in [5, 5.41) is 1.95. The third-order valence-corrected chi connectivity index (χ3v) is 3.90. The van der Waals surface area contributed by atoms with Gasteiger partial charge in [0.2, 0.25) is 0 Å². The zero-order valence-corrected chi connectivity index (χ0v) is 12.1. The van der Waals surface area contributed by atoms with Gasteiger partial charge in [-0.25, -0.2) is 0 Å². The van der Waals surface area contributed by atoms with Crippen LogP contribution in [0, 0.1) is 0 Å². The molecule has 5 heteroatoms. The second kappa shape index (κ2) is 5.46. The number of ether oxygens (including phenoxy) is 1. The van der Waals surface area contributed by atoms with E-state index in [1.165, 1.54) is 0 Å². The van der Waals surface area contributed by atoms with Gasteiger partial charge in [-0.1, -0.05) is 12.1 Å². The number of benzene rings is 1. The maximum absolute atomic E-state index is 12.6. The molecular formula is C16H14N2O2S. The highest BCUT2D eigenvalue weighted by atomic mass is 32.1. The lowest BCUT2D eigenvalue weighted by molar-refractivity contribution is -0.117. The van der Waals surface area contributed by atoms with Crippen LogP contribution in [0.1, 0.15) is 4.88 Å². The summed E-state index contributed by atoms with van der Waals surface area (Å²) >= 11 is 1.55. The molecule has 0 bridgehead atoms. The van der Waals surface area contributed by atoms with Crippen molar-refractivity contribution >= 4 is 34.7 Å². The highest BCUT2D eigenvalue weighted by molar-refractivity contribution is 7.10. The normalized spacial score (nSPS) is 15.7. The van der Waals surface area contributed by atoms with E-state index in [-0.39, 0.29) is 5.91 Å². The van der Waals surface area contributed by atoms with Crippen molar-refractivity contribution in [1.29, 1.82) is 0 Å². The summed E-state index contributed by atoms with van der Waals surface area (Å²) in [6.45, 7) is 4.11. The van der Waals surface area contributed by atoms with E-state index in [9.17, 15) is 4.79 Å². The van der Waals surface area contributed by atoms with E-state index < -0.39 is 0 Å². The monoisotopic (exact) mass is 298 g/mol. The Labute approximate surface area is 126 Å². The summed E-state index contributed by atoms with van der Waals surface area (Å²) in [6.07, 6.45) is 3.43. The number of fused-ring (bicyclic) bond motifs is 1. The second-order valence-electron chi connectivity index (χ2n) is 4.56. The van der Waals surface area contributed by atoms with Gasteiger partial charge in [0.25, 0.3) is 5.91 Å². The summed E-state index contributed by atoms with van der Waals surface area (Å²) in [4.78, 5) is 15.1. The van der Waals surface area contributed by atoms with Gasteiger partial charge in [0.1, 0.15) is 0 Å². The van der Waals surface area contributed by atoms with Crippen LogP contribution >= 0.6 is 11.3 Å². The van der Waals surface area contributed by atoms with Gasteiger partial charge in [-0.2, -0.15) is 0 Å². The molecule has 0 atom stereocenters. The van der Waals surface area contributed by atoms with Crippen molar-refractivity contribution in [2.45, 2.75) is 0 Å². The summed E-state index contributed by atoms with van der Waals surface area (Å²) < 4.78 is 5.74. The standard InChI is InChI=1S/C16H14N2O2S/c1-2-7-18-13-9-11(17)5-6-14(13)20-15(16(18)19)10-12-4-3-8-21-12/h2-6,8-10H,1,7,17H2/b15-10+. The molecule has 4 nitrogen and oxygen atoms in total. The Morgan fingerprint density at radius 3 is 2.95 bits per heavy atom. The van der Waals surface area contributed by atoms with E-state index in [0.717, 1.165) is 4.88 Å². The van der Waals surface area contributed by atoms with Gasteiger partial charge in [0.15, 0.2) is 11.5 Å². The predicted molar refractivity (Wildman–Crippen MR) is 86.3 cm³/mol. The molecule has 0 spiro atoms. The summed E-state index contributed by atoms with van der Waals surface area (Å²) in [7, 11) is 0. The van der Waals surface area contributed by atoms with E-state index >= 15 is 0 Å². The van der Waals surface area contributed by atoms with Crippen molar-refractivity contribution < 1.29 is 9.53 Å². The maximum Gasteiger partial charge on any atom is 0.294 e. The molecular weight excluding hydrogens is 284 g/mol. The first-order chi connectivity index (χ1) is 10.2. The highest BCUT2D eigenvalue weighted by Crippen LogP contribution is 2.37. The second-order valence-corrected chi connectivity index (χ2v) is 5.54. The number of nitrogen functional groups attached to an aromatic ring is 1. The number of hydrogen-bond donors (Lipinski definition) is 1. The molecule has 2 heterocycles. The Morgan fingerprint density at radius 1 is 1.38 bits per heavy atom. The highest BCUT2D eigenvalue weighted by Gasteiger charge is 2.29. The number of thiophene rings is 1. The molecule has 1 aliphatic rings. The van der Waals surface area contributed by atoms with Crippen molar-refractivity contribution in [3.63, 3.8) is 0 Å². The number of hydrogen-bond acceptors (Lipinski definition) is 4. The van der Waals surface area contributed by atoms with Crippen molar-refractivity contribution in [1.82, 2.24) is 0 Å². The quantitative estimate of drug-likeness (QED) is 0.537. The first kappa shape index (κ1) is 13.5. The van der Waals surface area contributed by atoms with Crippen molar-refractivity contribution in [2.24, 2.45) is 0 Å². The van der Waals surface area contributed by atoms with E-state index in [1.807, 2.05) is 17.5 Å². The molecule has 1 aromatic heterocycles. The lowest BCUT2D eigenvalue weighted by Crippen LogP contribution is -2.37. The molecule has 1 amide bonds. The van der Waals surface area contributed by atoms with Crippen LogP contribution in [-0.4, -0.2) is 12.5 Å². The average molecular weight is 298 g/mol. The zero-order chi connectivity index (χ0) is 14.8. The molecule has 0 aliphatic carbocycles. The van der Waals surface area contributed by atoms with Crippen LogP contribution in [0.5, 0.6) is 5.75 Å². The van der Waals surface area contributed by atoms with Gasteiger partial charge in [0, 0.05) is 23.2 Å². The zero-order valence-electron chi connectivity index (χ0n) is 11.3. The minimum absolute atomic E-state index is 0.193. The van der Waals surface area contributed by atoms with E-state index in [2.05, 4.69) is 6.58 Å². The molecule has 0 radical (unpaired) electrons. The largest absolute Gasteiger partial charge is 0.449 e. The predicted octanol–water partition coefficient (Wildman–Crippen LogP) is 3.28. The van der Waals surface area contributed by atoms with Crippen molar-refractivity contribution in [3.8, 4) is 5.75 Å². The molecule has 2 N–H and O–H groups in total. The number of rotatable bonds is 3. The Bertz CT molecular complexity index is 720. The van der Waals surface area contributed by atoms with Crippen LogP contribution in [0.3, 0.4) is 0 Å². The lowest BCUT2D eigenvalue weighted by atomic mass is 10.2. The molecule has 1 aromatic carbocycles. The van der Waals surface area contributed by atoms with Crippen LogP contribution in [-0.2, 0) is 4.79 Å². The molecule has 21 heavy (non-hydrogen) atoms. The first-order valence-electron chi connectivity index (χ1n) is 6.44. The van der Waals surface area contributed by atoms with Crippen LogP contribution in [0.15, 0.2) is 54.1 Å². The number of anilines is 2. The van der Waals surface area contributed by atoms with Crippen LogP contribution in [0.25, 0.3) is 6.08 Å². The van der Waals surface area contributed by atoms with Gasteiger partial charge in [-0.15, -0.1) is 17.9 Å². The Hall–Kier alpha value is -2.53. The Morgan fingerprint density at radius 2 is 2.24 bits per heavy atom. The Kier molecular flexibility index (Phi) is 3.50. The third-order valence-electron chi connectivity index (χ3n) is 3.08. The number of nitrogens with two attached hydrogens (primary N) is 1. The fourth-order valence-electron chi connectivity index (χ4n) is 2.14. The molecule has 0 unspecified atom stereocenters. The van der Waals surface area contributed by atoms with Gasteiger partial charge in [-0.05, 0) is 29.6 Å². The van der Waals surface area contributed by atoms with Gasteiger partial charge < -0.3 is 10.5 Å². The molecule has 0 saturated carbocycles. The van der Waals surface area contributed by atoms with Gasteiger partial charge in [-0.3, -0.25) is 9.69 Å². The number of carbonyl (C=O) groups excluding carboxylic acids is 1. The fourth-order valence-corrected chi connectivity index (χ4v) is 2.79. The van der Waals surface area contributed by atoms with Crippen molar-refractivity contribution in [3.05, 3.63) is 59.0 Å². The topological polar surface area (TPSA) is 55.6 Å². The van der Waals surface area contributed by atoms with Crippen molar-refractivity contribution in [2.75, 3.05) is 17.2 Å². The third kappa shape index (κ3) is 2.55. The van der Waals surface area contributed by atoms with E-state index in [4.69, 9.17) is 10.5 Å². The Balaban J connectivity index is 2.06. The minimum atomic E-state index is -0.193. The number of nitrogens with zero attached hydrogens (tertiary/aromatic N) is 1. The molecule has 0 fully saturated rings. The molecule has 1 aliphatic heterocycles. The van der Waals surface area contributed by atoms with E-state index in [0.29, 0.717) is 29.4 Å². The molecule has 3 rings (SSSR count). The van der Waals surface area contributed by atoms with E-state index in [1.54, 1.807) is 46.6 Å². The molecule has 0 saturated heterocycles. The minimum Gasteiger partial charge on any atom is -0.449 e. The lowest BCUT2D eigenvalue weighted by Gasteiger charge is -2.29. The average Bonchev–Trinajstić information content (AvgIpc) is 2.97. The summed E-state index contributed by atoms with van der Waals surface area (Å²) in [6, 6.07) is 9.13. The summed E-state index contributed by atoms with van der Waals surface area (Å²) in [5.74, 6) is 0.728. The first-order valence-corrected chi connectivity index (χ1v) is 7.32. The SMILES string of the molecule is C=CCN1C(=O)/C(=C\c2cccs2)Oc2ccc(N)cc21. The van der Waals surface area contributed by atoms with Gasteiger partial charge in [0.05, 0.1) is 5.69 Å². The number of amides is 1. The van der Waals surface area contributed by atoms with Gasteiger partial charge >= 0.3 is 0 Å². The maximum atomic E-state index is 12.6. The number of carbonyl (C=O) groups is 1. The van der Waals surface area contributed by atoms with Crippen LogP contribution < -0.4 is 15.4 Å². The van der Waals surface area contributed by atoms with Crippen LogP contribution in [0.2, 0.25) is 0 Å². The summed E-state index contributed by atoms with van der Waals surface area (Å²) in [5.41, 5.74) is 7.06. The smallest absolute Gasteiger partial charge is 0.294 e. The molecule has 106 valence electrons.